The topological polar surface area (TPSA) is 22.3 Å². The minimum absolute atomic E-state index is 1.04. The third-order valence-electron chi connectivity index (χ3n) is 5.10. The van der Waals surface area contributed by atoms with Crippen molar-refractivity contribution >= 4 is 22.7 Å². The number of aromatic nitrogens is 1. The number of para-hydroxylation sites is 1. The number of H-pyrrole nitrogens is 1. The molecule has 130 valence electrons. The fourth-order valence-electron chi connectivity index (χ4n) is 3.60. The number of benzene rings is 2. The summed E-state index contributed by atoms with van der Waals surface area (Å²) in [5.41, 5.74) is 4.07. The van der Waals surface area contributed by atoms with E-state index in [-0.39, 0.29) is 0 Å². The molecule has 1 fully saturated rings. The maximum Gasteiger partial charge on any atom is 0.0457 e. The van der Waals surface area contributed by atoms with Gasteiger partial charge in [-0.15, -0.1) is 11.8 Å². The van der Waals surface area contributed by atoms with E-state index in [0.29, 0.717) is 0 Å². The van der Waals surface area contributed by atoms with Crippen molar-refractivity contribution in [1.29, 1.82) is 0 Å². The van der Waals surface area contributed by atoms with E-state index in [9.17, 15) is 0 Å². The molecule has 0 atom stereocenters. The minimum atomic E-state index is 1.04. The Kier molecular flexibility index (Phi) is 5.11. The maximum absolute atomic E-state index is 3.39. The predicted molar refractivity (Wildman–Crippen MR) is 107 cm³/mol. The molecular weight excluding hydrogens is 326 g/mol. The van der Waals surface area contributed by atoms with Crippen LogP contribution < -0.4 is 0 Å². The van der Waals surface area contributed by atoms with Gasteiger partial charge in [0.25, 0.3) is 0 Å². The molecule has 1 saturated heterocycles. The summed E-state index contributed by atoms with van der Waals surface area (Å²) in [7, 11) is 0. The SMILES string of the molecule is CSc1ccc(CN2CCN(Cc3c[nH]c4ccccc34)CC2)cc1. The van der Waals surface area contributed by atoms with Crippen molar-refractivity contribution in [2.45, 2.75) is 18.0 Å². The molecular formula is C21H25N3S. The highest BCUT2D eigenvalue weighted by Gasteiger charge is 2.18. The first kappa shape index (κ1) is 16.7. The van der Waals surface area contributed by atoms with Gasteiger partial charge in [-0.2, -0.15) is 0 Å². The second kappa shape index (κ2) is 7.65. The van der Waals surface area contributed by atoms with Crippen LogP contribution in [0.15, 0.2) is 59.6 Å². The third kappa shape index (κ3) is 3.92. The molecule has 1 aliphatic rings. The maximum atomic E-state index is 3.39. The number of piperazine rings is 1. The zero-order chi connectivity index (χ0) is 17.1. The Balaban J connectivity index is 1.32. The van der Waals surface area contributed by atoms with Gasteiger partial charge in [0.15, 0.2) is 0 Å². The summed E-state index contributed by atoms with van der Waals surface area (Å²) in [4.78, 5) is 9.87. The van der Waals surface area contributed by atoms with E-state index in [1.807, 2.05) is 0 Å². The first-order valence-electron chi connectivity index (χ1n) is 8.94. The van der Waals surface area contributed by atoms with E-state index in [1.54, 1.807) is 11.8 Å². The van der Waals surface area contributed by atoms with Crippen molar-refractivity contribution in [1.82, 2.24) is 14.8 Å². The van der Waals surface area contributed by atoms with Gasteiger partial charge < -0.3 is 4.98 Å². The van der Waals surface area contributed by atoms with Crippen molar-refractivity contribution in [3.8, 4) is 0 Å². The fraction of sp³-hybridized carbons (Fsp3) is 0.333. The summed E-state index contributed by atoms with van der Waals surface area (Å²) < 4.78 is 0. The van der Waals surface area contributed by atoms with E-state index in [0.717, 1.165) is 39.3 Å². The van der Waals surface area contributed by atoms with Crippen LogP contribution >= 0.6 is 11.8 Å². The van der Waals surface area contributed by atoms with E-state index in [2.05, 4.69) is 75.8 Å². The molecule has 1 aromatic heterocycles. The number of rotatable bonds is 5. The van der Waals surface area contributed by atoms with Crippen LogP contribution in [0.1, 0.15) is 11.1 Å². The second-order valence-electron chi connectivity index (χ2n) is 6.76. The van der Waals surface area contributed by atoms with Gasteiger partial charge in [0.1, 0.15) is 0 Å². The Bertz CT molecular complexity index is 817. The summed E-state index contributed by atoms with van der Waals surface area (Å²) >= 11 is 1.80. The lowest BCUT2D eigenvalue weighted by Gasteiger charge is -2.34. The van der Waals surface area contributed by atoms with E-state index in [4.69, 9.17) is 0 Å². The molecule has 3 aromatic rings. The highest BCUT2D eigenvalue weighted by molar-refractivity contribution is 7.98. The zero-order valence-corrected chi connectivity index (χ0v) is 15.6. The van der Waals surface area contributed by atoms with Crippen LogP contribution in [0.25, 0.3) is 10.9 Å². The molecule has 0 bridgehead atoms. The Labute approximate surface area is 154 Å². The van der Waals surface area contributed by atoms with Crippen molar-refractivity contribution < 1.29 is 0 Å². The molecule has 1 N–H and O–H groups in total. The smallest absolute Gasteiger partial charge is 0.0457 e. The predicted octanol–water partition coefficient (Wildman–Crippen LogP) is 4.21. The van der Waals surface area contributed by atoms with Crippen LogP contribution in [0.3, 0.4) is 0 Å². The standard InChI is InChI=1S/C21H25N3S/c1-25-19-8-6-17(7-9-19)15-23-10-12-24(13-11-23)16-18-14-22-21-5-3-2-4-20(18)21/h2-9,14,22H,10-13,15-16H2,1H3. The number of fused-ring (bicyclic) bond motifs is 1. The van der Waals surface area contributed by atoms with Crippen molar-refractivity contribution in [2.24, 2.45) is 0 Å². The van der Waals surface area contributed by atoms with Crippen LogP contribution in [0, 0.1) is 0 Å². The number of thioether (sulfide) groups is 1. The third-order valence-corrected chi connectivity index (χ3v) is 5.84. The van der Waals surface area contributed by atoms with E-state index in [1.165, 1.54) is 26.9 Å². The Hall–Kier alpha value is -1.75. The Morgan fingerprint density at radius 3 is 2.28 bits per heavy atom. The molecule has 0 radical (unpaired) electrons. The lowest BCUT2D eigenvalue weighted by Crippen LogP contribution is -2.45. The van der Waals surface area contributed by atoms with Crippen LogP contribution in [0.4, 0.5) is 0 Å². The fourth-order valence-corrected chi connectivity index (χ4v) is 4.01. The van der Waals surface area contributed by atoms with Crippen molar-refractivity contribution in [3.63, 3.8) is 0 Å². The highest BCUT2D eigenvalue weighted by atomic mass is 32.2. The molecule has 2 aromatic carbocycles. The molecule has 0 unspecified atom stereocenters. The second-order valence-corrected chi connectivity index (χ2v) is 7.64. The Morgan fingerprint density at radius 1 is 0.880 bits per heavy atom. The summed E-state index contributed by atoms with van der Waals surface area (Å²) in [5, 5.41) is 1.36. The van der Waals surface area contributed by atoms with E-state index < -0.39 is 0 Å². The summed E-state index contributed by atoms with van der Waals surface area (Å²) in [6.45, 7) is 6.68. The normalized spacial score (nSPS) is 16.5. The summed E-state index contributed by atoms with van der Waals surface area (Å²) in [6, 6.07) is 17.6. The minimum Gasteiger partial charge on any atom is -0.361 e. The van der Waals surface area contributed by atoms with Crippen LogP contribution in [0.2, 0.25) is 0 Å². The summed E-state index contributed by atoms with van der Waals surface area (Å²) in [5.74, 6) is 0. The van der Waals surface area contributed by atoms with Gasteiger partial charge >= 0.3 is 0 Å². The van der Waals surface area contributed by atoms with Crippen molar-refractivity contribution in [2.75, 3.05) is 32.4 Å². The molecule has 4 rings (SSSR count). The van der Waals surface area contributed by atoms with E-state index >= 15 is 0 Å². The summed E-state index contributed by atoms with van der Waals surface area (Å²) in [6.07, 6.45) is 4.30. The molecule has 4 heteroatoms. The van der Waals surface area contributed by atoms with Crippen LogP contribution in [0.5, 0.6) is 0 Å². The van der Waals surface area contributed by atoms with Gasteiger partial charge in [-0.05, 0) is 35.6 Å². The highest BCUT2D eigenvalue weighted by Crippen LogP contribution is 2.20. The molecule has 1 aliphatic heterocycles. The van der Waals surface area contributed by atoms with Gasteiger partial charge in [-0.25, -0.2) is 0 Å². The van der Waals surface area contributed by atoms with Gasteiger partial charge in [-0.3, -0.25) is 9.80 Å². The lowest BCUT2D eigenvalue weighted by molar-refractivity contribution is 0.122. The molecule has 0 aliphatic carbocycles. The molecule has 25 heavy (non-hydrogen) atoms. The number of nitrogens with zero attached hydrogens (tertiary/aromatic N) is 2. The van der Waals surface area contributed by atoms with Crippen LogP contribution in [-0.4, -0.2) is 47.2 Å². The van der Waals surface area contributed by atoms with Crippen molar-refractivity contribution in [3.05, 3.63) is 65.9 Å². The first-order chi connectivity index (χ1) is 12.3. The average Bonchev–Trinajstić information content (AvgIpc) is 3.07. The van der Waals surface area contributed by atoms with Crippen LogP contribution in [-0.2, 0) is 13.1 Å². The van der Waals surface area contributed by atoms with Gasteiger partial charge in [0.2, 0.25) is 0 Å². The zero-order valence-electron chi connectivity index (χ0n) is 14.7. The average molecular weight is 352 g/mol. The molecule has 0 spiro atoms. The first-order valence-corrected chi connectivity index (χ1v) is 10.2. The van der Waals surface area contributed by atoms with Gasteiger partial charge in [0, 0.05) is 61.3 Å². The largest absolute Gasteiger partial charge is 0.361 e. The molecule has 2 heterocycles. The number of hydrogen-bond donors (Lipinski definition) is 1. The molecule has 0 saturated carbocycles. The number of aromatic amines is 1. The number of nitrogens with one attached hydrogen (secondary N) is 1. The van der Waals surface area contributed by atoms with Gasteiger partial charge in [-0.1, -0.05) is 30.3 Å². The monoisotopic (exact) mass is 351 g/mol. The number of hydrogen-bond acceptors (Lipinski definition) is 3. The Morgan fingerprint density at radius 2 is 1.56 bits per heavy atom. The lowest BCUT2D eigenvalue weighted by atomic mass is 10.1. The van der Waals surface area contributed by atoms with Gasteiger partial charge in [0.05, 0.1) is 0 Å². The molecule has 3 nitrogen and oxygen atoms in total. The quantitative estimate of drug-likeness (QED) is 0.696. The molecule has 0 amide bonds.